The third-order valence-electron chi connectivity index (χ3n) is 5.67. The standard InChI is InChI=1S/C25H29F3N4O2/c1-16-6-8-20-18(14-16)22(29-19-15-17(25(26,27)28)7-9-21(19)34-20)31-10-5-11-32(13-12-31)23(33)30-24(2,3)4/h6-9,14-15H,5,10-13H2,1-4H3,(H,30,33). The van der Waals surface area contributed by atoms with Crippen LogP contribution in [0, 0.1) is 6.92 Å². The van der Waals surface area contributed by atoms with E-state index < -0.39 is 11.7 Å². The minimum Gasteiger partial charge on any atom is -0.454 e. The zero-order valence-electron chi connectivity index (χ0n) is 19.8. The highest BCUT2D eigenvalue weighted by Gasteiger charge is 2.33. The fraction of sp³-hybridized carbons (Fsp3) is 0.440. The number of urea groups is 1. The van der Waals surface area contributed by atoms with Crippen LogP contribution in [0.4, 0.5) is 23.7 Å². The van der Waals surface area contributed by atoms with Gasteiger partial charge in [0, 0.05) is 31.7 Å². The summed E-state index contributed by atoms with van der Waals surface area (Å²) in [5.41, 5.74) is 0.712. The number of rotatable bonds is 0. The Labute approximate surface area is 197 Å². The Hall–Kier alpha value is -3.23. The number of aliphatic imine (C=N–C) groups is 1. The van der Waals surface area contributed by atoms with Crippen molar-refractivity contribution in [2.45, 2.75) is 45.8 Å². The van der Waals surface area contributed by atoms with Gasteiger partial charge in [-0.25, -0.2) is 9.79 Å². The highest BCUT2D eigenvalue weighted by atomic mass is 19.4. The van der Waals surface area contributed by atoms with Gasteiger partial charge in [-0.3, -0.25) is 0 Å². The molecule has 182 valence electrons. The van der Waals surface area contributed by atoms with Crippen LogP contribution in [0.5, 0.6) is 11.5 Å². The number of fused-ring (bicyclic) bond motifs is 2. The van der Waals surface area contributed by atoms with Crippen LogP contribution in [-0.2, 0) is 6.18 Å². The number of carbonyl (C=O) groups excluding carboxylic acids is 1. The van der Waals surface area contributed by atoms with E-state index in [1.165, 1.54) is 6.07 Å². The molecule has 34 heavy (non-hydrogen) atoms. The van der Waals surface area contributed by atoms with Crippen LogP contribution in [0.25, 0.3) is 0 Å². The lowest BCUT2D eigenvalue weighted by Gasteiger charge is -2.28. The molecule has 0 saturated carbocycles. The highest BCUT2D eigenvalue weighted by Crippen LogP contribution is 2.42. The van der Waals surface area contributed by atoms with Gasteiger partial charge in [-0.15, -0.1) is 0 Å². The maximum atomic E-state index is 13.4. The smallest absolute Gasteiger partial charge is 0.416 e. The summed E-state index contributed by atoms with van der Waals surface area (Å²) in [6, 6.07) is 8.85. The van der Waals surface area contributed by atoms with Gasteiger partial charge in [0.15, 0.2) is 5.75 Å². The van der Waals surface area contributed by atoms with E-state index in [9.17, 15) is 18.0 Å². The number of hydrogen-bond acceptors (Lipinski definition) is 4. The lowest BCUT2D eigenvalue weighted by Crippen LogP contribution is -2.49. The van der Waals surface area contributed by atoms with Crippen molar-refractivity contribution in [3.8, 4) is 11.5 Å². The topological polar surface area (TPSA) is 57.2 Å². The second-order valence-corrected chi connectivity index (χ2v) is 9.73. The van der Waals surface area contributed by atoms with Crippen molar-refractivity contribution in [1.82, 2.24) is 15.1 Å². The van der Waals surface area contributed by atoms with Gasteiger partial charge >= 0.3 is 12.2 Å². The Morgan fingerprint density at radius 1 is 1.00 bits per heavy atom. The van der Waals surface area contributed by atoms with E-state index in [1.54, 1.807) is 4.90 Å². The summed E-state index contributed by atoms with van der Waals surface area (Å²) in [5.74, 6) is 1.36. The molecule has 0 unspecified atom stereocenters. The minimum absolute atomic E-state index is 0.128. The summed E-state index contributed by atoms with van der Waals surface area (Å²) in [7, 11) is 0. The summed E-state index contributed by atoms with van der Waals surface area (Å²) in [6.07, 6.45) is -3.78. The summed E-state index contributed by atoms with van der Waals surface area (Å²) < 4.78 is 46.1. The van der Waals surface area contributed by atoms with Crippen LogP contribution in [0.1, 0.15) is 43.9 Å². The fourth-order valence-electron chi connectivity index (χ4n) is 4.04. The second-order valence-electron chi connectivity index (χ2n) is 9.73. The minimum atomic E-state index is -4.48. The van der Waals surface area contributed by atoms with Gasteiger partial charge in [0.25, 0.3) is 0 Å². The number of alkyl halides is 3. The maximum Gasteiger partial charge on any atom is 0.416 e. The van der Waals surface area contributed by atoms with Crippen molar-refractivity contribution in [2.75, 3.05) is 26.2 Å². The predicted molar refractivity (Wildman–Crippen MR) is 125 cm³/mol. The van der Waals surface area contributed by atoms with Gasteiger partial charge in [-0.1, -0.05) is 11.6 Å². The molecule has 2 heterocycles. The summed E-state index contributed by atoms with van der Waals surface area (Å²) in [4.78, 5) is 21.2. The molecule has 1 saturated heterocycles. The van der Waals surface area contributed by atoms with Crippen molar-refractivity contribution in [3.05, 3.63) is 53.1 Å². The first-order valence-corrected chi connectivity index (χ1v) is 11.3. The Bertz CT molecular complexity index is 1120. The Morgan fingerprint density at radius 2 is 1.74 bits per heavy atom. The van der Waals surface area contributed by atoms with Crippen molar-refractivity contribution >= 4 is 17.6 Å². The first-order chi connectivity index (χ1) is 15.9. The Kier molecular flexibility index (Phi) is 6.22. The van der Waals surface area contributed by atoms with Gasteiger partial charge in [-0.05, 0) is 64.4 Å². The molecule has 4 rings (SSSR count). The van der Waals surface area contributed by atoms with Crippen molar-refractivity contribution in [1.29, 1.82) is 0 Å². The first kappa shape index (κ1) is 23.9. The molecular weight excluding hydrogens is 445 g/mol. The lowest BCUT2D eigenvalue weighted by atomic mass is 10.1. The molecule has 2 aliphatic heterocycles. The number of benzene rings is 2. The monoisotopic (exact) mass is 474 g/mol. The number of nitrogens with zero attached hydrogens (tertiary/aromatic N) is 3. The summed E-state index contributed by atoms with van der Waals surface area (Å²) in [5, 5.41) is 2.99. The lowest BCUT2D eigenvalue weighted by molar-refractivity contribution is -0.137. The molecule has 0 radical (unpaired) electrons. The summed E-state index contributed by atoms with van der Waals surface area (Å²) >= 11 is 0. The van der Waals surface area contributed by atoms with Crippen LogP contribution in [0.2, 0.25) is 0 Å². The number of nitrogens with one attached hydrogen (secondary N) is 1. The van der Waals surface area contributed by atoms with E-state index in [0.29, 0.717) is 44.2 Å². The molecule has 0 aromatic heterocycles. The second kappa shape index (κ2) is 8.85. The third-order valence-corrected chi connectivity index (χ3v) is 5.67. The summed E-state index contributed by atoms with van der Waals surface area (Å²) in [6.45, 7) is 9.90. The predicted octanol–water partition coefficient (Wildman–Crippen LogP) is 5.71. The van der Waals surface area contributed by atoms with E-state index in [-0.39, 0.29) is 23.0 Å². The van der Waals surface area contributed by atoms with E-state index in [0.717, 1.165) is 23.3 Å². The number of halogens is 3. The number of amidine groups is 1. The normalized spacial score (nSPS) is 16.5. The molecule has 2 aromatic rings. The average molecular weight is 475 g/mol. The Morgan fingerprint density at radius 3 is 2.44 bits per heavy atom. The van der Waals surface area contributed by atoms with E-state index >= 15 is 0 Å². The van der Waals surface area contributed by atoms with Crippen molar-refractivity contribution in [3.63, 3.8) is 0 Å². The first-order valence-electron chi connectivity index (χ1n) is 11.3. The molecule has 2 aromatic carbocycles. The molecule has 6 nitrogen and oxygen atoms in total. The van der Waals surface area contributed by atoms with Crippen molar-refractivity contribution in [2.24, 2.45) is 4.99 Å². The number of aryl methyl sites for hydroxylation is 1. The van der Waals surface area contributed by atoms with Crippen LogP contribution in [0.3, 0.4) is 0 Å². The number of hydrogen-bond donors (Lipinski definition) is 1. The van der Waals surface area contributed by atoms with Gasteiger partial charge in [0.2, 0.25) is 0 Å². The number of ether oxygens (including phenoxy) is 1. The van der Waals surface area contributed by atoms with Gasteiger partial charge in [0.1, 0.15) is 17.3 Å². The van der Waals surface area contributed by atoms with Gasteiger partial charge in [0.05, 0.1) is 11.1 Å². The van der Waals surface area contributed by atoms with Gasteiger partial charge < -0.3 is 19.9 Å². The maximum absolute atomic E-state index is 13.4. The molecule has 1 N–H and O–H groups in total. The number of amides is 2. The van der Waals surface area contributed by atoms with Crippen LogP contribution < -0.4 is 10.1 Å². The molecule has 0 bridgehead atoms. The van der Waals surface area contributed by atoms with Crippen LogP contribution in [-0.4, -0.2) is 53.4 Å². The molecule has 2 aliphatic rings. The molecule has 0 spiro atoms. The zero-order chi connectivity index (χ0) is 24.7. The van der Waals surface area contributed by atoms with E-state index in [2.05, 4.69) is 10.3 Å². The molecule has 1 fully saturated rings. The molecule has 0 atom stereocenters. The van der Waals surface area contributed by atoms with Gasteiger partial charge in [-0.2, -0.15) is 13.2 Å². The Balaban J connectivity index is 1.70. The van der Waals surface area contributed by atoms with E-state index in [4.69, 9.17) is 4.74 Å². The van der Waals surface area contributed by atoms with E-state index in [1.807, 2.05) is 50.8 Å². The zero-order valence-corrected chi connectivity index (χ0v) is 19.8. The molecule has 2 amide bonds. The van der Waals surface area contributed by atoms with Crippen LogP contribution in [0.15, 0.2) is 41.4 Å². The SMILES string of the molecule is Cc1ccc2c(c1)C(N1CCCN(C(=O)NC(C)(C)C)CC1)=Nc1cc(C(F)(F)F)ccc1O2. The molecule has 9 heteroatoms. The number of carbonyl (C=O) groups is 1. The highest BCUT2D eigenvalue weighted by molar-refractivity contribution is 6.04. The third kappa shape index (κ3) is 5.29. The molecule has 0 aliphatic carbocycles. The molecular formula is C25H29F3N4O2. The quantitative estimate of drug-likeness (QED) is 0.532. The van der Waals surface area contributed by atoms with Crippen molar-refractivity contribution < 1.29 is 22.7 Å². The fourth-order valence-corrected chi connectivity index (χ4v) is 4.04. The van der Waals surface area contributed by atoms with Crippen LogP contribution >= 0.6 is 0 Å². The average Bonchev–Trinajstić information content (AvgIpc) is 3.06. The largest absolute Gasteiger partial charge is 0.454 e.